The third kappa shape index (κ3) is 4.49. The van der Waals surface area contributed by atoms with Crippen LogP contribution >= 0.6 is 12.4 Å². The topological polar surface area (TPSA) is 97.5 Å². The first kappa shape index (κ1) is 20.5. The molecule has 1 aromatic carbocycles. The summed E-state index contributed by atoms with van der Waals surface area (Å²) in [5.41, 5.74) is 7.06. The summed E-state index contributed by atoms with van der Waals surface area (Å²) >= 11 is 0. The van der Waals surface area contributed by atoms with E-state index < -0.39 is 0 Å². The Morgan fingerprint density at radius 2 is 1.96 bits per heavy atom. The average Bonchev–Trinajstić information content (AvgIpc) is 2.65. The smallest absolute Gasteiger partial charge is 0.229 e. The number of nitrogens with one attached hydrogen (secondary N) is 1. The molecule has 2 aromatic rings. The number of rotatable bonds is 4. The van der Waals surface area contributed by atoms with Crippen LogP contribution in [0.5, 0.6) is 5.75 Å². The van der Waals surface area contributed by atoms with Crippen molar-refractivity contribution in [3.63, 3.8) is 0 Å². The Morgan fingerprint density at radius 3 is 2.56 bits per heavy atom. The minimum atomic E-state index is -0.358. The number of halogens is 1. The molecule has 3 rings (SSSR count). The number of nitrogen functional groups attached to an aromatic ring is 1. The van der Waals surface area contributed by atoms with Gasteiger partial charge in [0.05, 0.1) is 31.0 Å². The number of pyridine rings is 1. The van der Waals surface area contributed by atoms with E-state index in [2.05, 4.69) is 10.3 Å². The maximum Gasteiger partial charge on any atom is 0.229 e. The number of likely N-dealkylation sites (tertiary alicyclic amines) is 1. The van der Waals surface area contributed by atoms with Gasteiger partial charge in [0.25, 0.3) is 0 Å². The number of anilines is 2. The van der Waals surface area contributed by atoms with Crippen molar-refractivity contribution in [1.82, 2.24) is 9.88 Å². The Morgan fingerprint density at radius 1 is 1.26 bits per heavy atom. The second-order valence-corrected chi connectivity index (χ2v) is 6.33. The first-order valence-electron chi connectivity index (χ1n) is 8.41. The molecule has 0 saturated carbocycles. The molecule has 1 aromatic heterocycles. The molecular formula is C19H23ClN4O3. The van der Waals surface area contributed by atoms with Crippen molar-refractivity contribution in [2.24, 2.45) is 5.92 Å². The molecule has 0 bridgehead atoms. The molecule has 0 spiro atoms. The van der Waals surface area contributed by atoms with Crippen LogP contribution in [0.4, 0.5) is 11.5 Å². The predicted molar refractivity (Wildman–Crippen MR) is 106 cm³/mol. The number of hydrogen-bond donors (Lipinski definition) is 2. The van der Waals surface area contributed by atoms with Crippen molar-refractivity contribution in [3.05, 3.63) is 48.2 Å². The van der Waals surface area contributed by atoms with Crippen LogP contribution in [0, 0.1) is 5.92 Å². The molecule has 2 unspecified atom stereocenters. The van der Waals surface area contributed by atoms with E-state index in [0.29, 0.717) is 24.3 Å². The molecule has 8 heteroatoms. The Labute approximate surface area is 164 Å². The molecule has 0 aliphatic carbocycles. The first-order chi connectivity index (χ1) is 12.5. The molecule has 27 heavy (non-hydrogen) atoms. The average molecular weight is 391 g/mol. The van der Waals surface area contributed by atoms with E-state index in [9.17, 15) is 9.59 Å². The van der Waals surface area contributed by atoms with E-state index in [4.69, 9.17) is 10.5 Å². The number of carbonyl (C=O) groups excluding carboxylic acids is 2. The molecule has 0 radical (unpaired) electrons. The van der Waals surface area contributed by atoms with Gasteiger partial charge in [-0.25, -0.2) is 4.98 Å². The lowest BCUT2D eigenvalue weighted by Crippen LogP contribution is -2.44. The van der Waals surface area contributed by atoms with Gasteiger partial charge in [-0.2, -0.15) is 0 Å². The zero-order valence-electron chi connectivity index (χ0n) is 15.2. The van der Waals surface area contributed by atoms with Gasteiger partial charge >= 0.3 is 0 Å². The van der Waals surface area contributed by atoms with E-state index in [-0.39, 0.29) is 36.2 Å². The van der Waals surface area contributed by atoms with Crippen LogP contribution in [-0.2, 0) is 9.59 Å². The summed E-state index contributed by atoms with van der Waals surface area (Å²) in [5.74, 6) is 0.652. The molecule has 1 saturated heterocycles. The molecule has 1 aliphatic heterocycles. The number of methoxy groups -OCH3 is 1. The number of aromatic nitrogens is 1. The van der Waals surface area contributed by atoms with Crippen molar-refractivity contribution >= 4 is 35.7 Å². The molecule has 3 N–H and O–H groups in total. The number of hydrogen-bond acceptors (Lipinski definition) is 5. The largest absolute Gasteiger partial charge is 0.497 e. The fourth-order valence-electron chi connectivity index (χ4n) is 3.28. The summed E-state index contributed by atoms with van der Waals surface area (Å²) in [7, 11) is 3.34. The molecule has 144 valence electrons. The molecule has 7 nitrogen and oxygen atoms in total. The minimum absolute atomic E-state index is 0. The van der Waals surface area contributed by atoms with Crippen LogP contribution in [0.15, 0.2) is 42.6 Å². The Kier molecular flexibility index (Phi) is 6.63. The van der Waals surface area contributed by atoms with Crippen LogP contribution < -0.4 is 15.8 Å². The summed E-state index contributed by atoms with van der Waals surface area (Å²) in [6.45, 7) is 0. The molecule has 2 atom stereocenters. The van der Waals surface area contributed by atoms with Gasteiger partial charge in [0.2, 0.25) is 11.8 Å². The van der Waals surface area contributed by atoms with Crippen molar-refractivity contribution < 1.29 is 14.3 Å². The highest BCUT2D eigenvalue weighted by Gasteiger charge is 2.38. The second-order valence-electron chi connectivity index (χ2n) is 6.33. The van der Waals surface area contributed by atoms with Gasteiger partial charge in [0, 0.05) is 13.5 Å². The van der Waals surface area contributed by atoms with E-state index in [1.165, 1.54) is 6.20 Å². The van der Waals surface area contributed by atoms with Crippen molar-refractivity contribution in [2.45, 2.75) is 18.9 Å². The van der Waals surface area contributed by atoms with Crippen molar-refractivity contribution in [2.75, 3.05) is 25.2 Å². The fourth-order valence-corrected chi connectivity index (χ4v) is 3.28. The van der Waals surface area contributed by atoms with Gasteiger partial charge in [-0.1, -0.05) is 12.1 Å². The maximum absolute atomic E-state index is 12.9. The number of benzene rings is 1. The van der Waals surface area contributed by atoms with Crippen molar-refractivity contribution in [3.8, 4) is 5.75 Å². The van der Waals surface area contributed by atoms with Gasteiger partial charge in [-0.05, 0) is 36.2 Å². The Bertz CT molecular complexity index is 796. The van der Waals surface area contributed by atoms with Crippen LogP contribution in [0.25, 0.3) is 0 Å². The monoisotopic (exact) mass is 390 g/mol. The highest BCUT2D eigenvalue weighted by molar-refractivity contribution is 5.94. The lowest BCUT2D eigenvalue weighted by Gasteiger charge is -2.38. The summed E-state index contributed by atoms with van der Waals surface area (Å²) in [6, 6.07) is 10.5. The van der Waals surface area contributed by atoms with Crippen LogP contribution in [-0.4, -0.2) is 35.9 Å². The highest BCUT2D eigenvalue weighted by Crippen LogP contribution is 2.37. The third-order valence-corrected chi connectivity index (χ3v) is 4.71. The summed E-state index contributed by atoms with van der Waals surface area (Å²) < 4.78 is 5.19. The van der Waals surface area contributed by atoms with Gasteiger partial charge < -0.3 is 20.7 Å². The zero-order chi connectivity index (χ0) is 18.7. The summed E-state index contributed by atoms with van der Waals surface area (Å²) in [4.78, 5) is 30.7. The van der Waals surface area contributed by atoms with Crippen LogP contribution in [0.2, 0.25) is 0 Å². The van der Waals surface area contributed by atoms with Gasteiger partial charge in [-0.15, -0.1) is 12.4 Å². The Hall–Kier alpha value is -2.80. The van der Waals surface area contributed by atoms with E-state index in [1.54, 1.807) is 31.2 Å². The molecular weight excluding hydrogens is 368 g/mol. The van der Waals surface area contributed by atoms with Crippen LogP contribution in [0.3, 0.4) is 0 Å². The van der Waals surface area contributed by atoms with E-state index >= 15 is 0 Å². The number of nitrogens with two attached hydrogens (primary N) is 1. The number of ether oxygens (including phenoxy) is 1. The molecule has 2 amide bonds. The number of nitrogens with zero attached hydrogens (tertiary/aromatic N) is 2. The van der Waals surface area contributed by atoms with Gasteiger partial charge in [0.1, 0.15) is 11.6 Å². The SMILES string of the molecule is COc1ccc(C2C(C(=O)Nc3ccc(N)nc3)CCC(=O)N2C)cc1.Cl. The maximum atomic E-state index is 12.9. The number of carbonyl (C=O) groups is 2. The zero-order valence-corrected chi connectivity index (χ0v) is 16.0. The molecule has 1 aliphatic rings. The van der Waals surface area contributed by atoms with Crippen LogP contribution in [0.1, 0.15) is 24.4 Å². The fraction of sp³-hybridized carbons (Fsp3) is 0.316. The van der Waals surface area contributed by atoms with E-state index in [1.807, 2.05) is 24.3 Å². The van der Waals surface area contributed by atoms with E-state index in [0.717, 1.165) is 11.3 Å². The predicted octanol–water partition coefficient (Wildman–Crippen LogP) is 2.64. The van der Waals surface area contributed by atoms with Crippen molar-refractivity contribution in [1.29, 1.82) is 0 Å². The first-order valence-corrected chi connectivity index (χ1v) is 8.41. The Balaban J connectivity index is 0.00000261. The second kappa shape index (κ2) is 8.73. The lowest BCUT2D eigenvalue weighted by molar-refractivity contribution is -0.140. The standard InChI is InChI=1S/C19H22N4O3.ClH/c1-23-17(24)10-8-15(18(23)12-3-6-14(26-2)7-4-12)19(25)22-13-5-9-16(20)21-11-13;/h3-7,9,11,15,18H,8,10H2,1-2H3,(H2,20,21)(H,22,25);1H. The molecule has 2 heterocycles. The minimum Gasteiger partial charge on any atom is -0.497 e. The third-order valence-electron chi connectivity index (χ3n) is 4.71. The summed E-state index contributed by atoms with van der Waals surface area (Å²) in [6.07, 6.45) is 2.36. The van der Waals surface area contributed by atoms with Gasteiger partial charge in [0.15, 0.2) is 0 Å². The number of amides is 2. The lowest BCUT2D eigenvalue weighted by atomic mass is 9.84. The molecule has 1 fully saturated rings. The number of piperidine rings is 1. The highest BCUT2D eigenvalue weighted by atomic mass is 35.5. The normalized spacial score (nSPS) is 19.2. The van der Waals surface area contributed by atoms with Gasteiger partial charge in [-0.3, -0.25) is 9.59 Å². The quantitative estimate of drug-likeness (QED) is 0.836. The summed E-state index contributed by atoms with van der Waals surface area (Å²) in [5, 5.41) is 2.88.